The highest BCUT2D eigenvalue weighted by molar-refractivity contribution is 5.88. The van der Waals surface area contributed by atoms with E-state index in [1.807, 2.05) is 63.0 Å². The maximum Gasteiger partial charge on any atom is 0.317 e. The van der Waals surface area contributed by atoms with Crippen molar-refractivity contribution in [3.05, 3.63) is 35.9 Å². The van der Waals surface area contributed by atoms with Gasteiger partial charge in [-0.2, -0.15) is 0 Å². The van der Waals surface area contributed by atoms with Crippen LogP contribution in [0.2, 0.25) is 0 Å². The van der Waals surface area contributed by atoms with Crippen molar-refractivity contribution in [3.63, 3.8) is 0 Å². The molecular weight excluding hydrogens is 759 g/mol. The molecule has 3 aliphatic heterocycles. The normalized spacial score (nSPS) is 19.2. The molecule has 0 bridgehead atoms. The molecule has 3 fully saturated rings. The van der Waals surface area contributed by atoms with Crippen molar-refractivity contribution >= 4 is 23.9 Å². The van der Waals surface area contributed by atoms with E-state index in [0.29, 0.717) is 71.4 Å². The highest BCUT2D eigenvalue weighted by Gasteiger charge is 2.32. The maximum absolute atomic E-state index is 14.0. The first kappa shape index (κ1) is 48.1. The number of hydrogen-bond donors (Lipinski definition) is 5. The molecule has 0 aliphatic carbocycles. The van der Waals surface area contributed by atoms with Crippen LogP contribution in [-0.4, -0.2) is 191 Å². The number of ether oxygens (including phenoxy) is 3. The Bertz CT molecular complexity index is 1410. The molecular formula is C42H73N9O8. The molecule has 17 nitrogen and oxygen atoms in total. The Morgan fingerprint density at radius 2 is 1.17 bits per heavy atom. The number of nitrogens with one attached hydrogen (secondary N) is 4. The van der Waals surface area contributed by atoms with Gasteiger partial charge in [0.1, 0.15) is 12.1 Å². The fourth-order valence-corrected chi connectivity index (χ4v) is 7.41. The molecule has 1 aromatic carbocycles. The van der Waals surface area contributed by atoms with Crippen LogP contribution in [0.4, 0.5) is 9.59 Å². The van der Waals surface area contributed by atoms with Gasteiger partial charge in [-0.1, -0.05) is 58.0 Å². The Kier molecular flexibility index (Phi) is 20.6. The highest BCUT2D eigenvalue weighted by Crippen LogP contribution is 2.22. The van der Waals surface area contributed by atoms with Gasteiger partial charge in [-0.05, 0) is 42.6 Å². The molecule has 0 aromatic heterocycles. The summed E-state index contributed by atoms with van der Waals surface area (Å²) in [6, 6.07) is 6.17. The smallest absolute Gasteiger partial charge is 0.317 e. The topological polar surface area (TPSA) is 181 Å². The lowest BCUT2D eigenvalue weighted by molar-refractivity contribution is -0.129. The van der Waals surface area contributed by atoms with Crippen molar-refractivity contribution in [1.82, 2.24) is 46.0 Å². The standard InChI is InChI=1S/C42H73N9O8/c1-31(2)36(44-41(55)47(5)16-18-49-20-26-58-27-21-49)39(53)43-38(34-10-8-7-9-11-34)35(52)12-15-51(30-33-13-24-57-25-14-33)46-40(54)37(32(3)4)45-42(56)48(6)17-19-50-22-28-59-29-23-50/h7-11,31-33,35-38,52H,12-30H2,1-6H3,(H,43,53)(H,44,55)(H,45,56)(H,46,54). The first-order valence-electron chi connectivity index (χ1n) is 21.6. The summed E-state index contributed by atoms with van der Waals surface area (Å²) in [5, 5.41) is 22.6. The third-order valence-corrected chi connectivity index (χ3v) is 11.5. The second-order valence-corrected chi connectivity index (χ2v) is 16.8. The molecule has 0 radical (unpaired) electrons. The number of amides is 6. The van der Waals surface area contributed by atoms with Crippen LogP contribution in [0.25, 0.3) is 0 Å². The average Bonchev–Trinajstić information content (AvgIpc) is 3.24. The average molecular weight is 832 g/mol. The van der Waals surface area contributed by atoms with E-state index >= 15 is 0 Å². The van der Waals surface area contributed by atoms with Crippen LogP contribution in [0.3, 0.4) is 0 Å². The van der Waals surface area contributed by atoms with Crippen LogP contribution in [-0.2, 0) is 23.8 Å². The SMILES string of the molecule is CC(C)C(NC(=O)N(C)CCN1CCOCC1)C(=O)NC(c1ccccc1)C(O)CCN(CC1CCOCC1)NC(=O)C(NC(=O)N(C)CCN1CCOCC1)C(C)C. The zero-order valence-corrected chi connectivity index (χ0v) is 36.4. The number of urea groups is 2. The third-order valence-electron chi connectivity index (χ3n) is 11.5. The third kappa shape index (κ3) is 16.4. The molecule has 3 aliphatic rings. The molecule has 4 unspecified atom stereocenters. The predicted molar refractivity (Wildman–Crippen MR) is 225 cm³/mol. The van der Waals surface area contributed by atoms with Crippen molar-refractivity contribution in [3.8, 4) is 0 Å². The fraction of sp³-hybridized carbons (Fsp3) is 0.762. The molecule has 0 saturated carbocycles. The van der Waals surface area contributed by atoms with Crippen molar-refractivity contribution < 1.29 is 38.5 Å². The summed E-state index contributed by atoms with van der Waals surface area (Å²) < 4.78 is 16.5. The maximum atomic E-state index is 14.0. The van der Waals surface area contributed by atoms with E-state index in [-0.39, 0.29) is 48.7 Å². The Balaban J connectivity index is 1.40. The van der Waals surface area contributed by atoms with Gasteiger partial charge in [-0.15, -0.1) is 0 Å². The second kappa shape index (κ2) is 25.3. The van der Waals surface area contributed by atoms with Crippen LogP contribution in [0, 0.1) is 17.8 Å². The second-order valence-electron chi connectivity index (χ2n) is 16.8. The van der Waals surface area contributed by atoms with Crippen LogP contribution in [0.1, 0.15) is 58.6 Å². The lowest BCUT2D eigenvalue weighted by Gasteiger charge is -2.34. The molecule has 17 heteroatoms. The molecule has 5 N–H and O–H groups in total. The number of aliphatic hydroxyl groups is 1. The van der Waals surface area contributed by atoms with Gasteiger partial charge in [0.25, 0.3) is 5.91 Å². The minimum Gasteiger partial charge on any atom is -0.391 e. The lowest BCUT2D eigenvalue weighted by atomic mass is 9.96. The van der Waals surface area contributed by atoms with E-state index in [4.69, 9.17) is 14.2 Å². The predicted octanol–water partition coefficient (Wildman–Crippen LogP) is 1.35. The molecule has 6 amide bonds. The number of aliphatic hydroxyl groups excluding tert-OH is 1. The number of hydrazine groups is 1. The highest BCUT2D eigenvalue weighted by atomic mass is 16.5. The summed E-state index contributed by atoms with van der Waals surface area (Å²) in [4.78, 5) is 62.2. The molecule has 334 valence electrons. The van der Waals surface area contributed by atoms with Crippen LogP contribution in [0.5, 0.6) is 0 Å². The molecule has 3 saturated heterocycles. The van der Waals surface area contributed by atoms with E-state index in [9.17, 15) is 24.3 Å². The van der Waals surface area contributed by atoms with Crippen molar-refractivity contribution in [2.24, 2.45) is 17.8 Å². The summed E-state index contributed by atoms with van der Waals surface area (Å²) in [5.41, 5.74) is 3.80. The fourth-order valence-electron chi connectivity index (χ4n) is 7.41. The summed E-state index contributed by atoms with van der Waals surface area (Å²) in [7, 11) is 3.45. The summed E-state index contributed by atoms with van der Waals surface area (Å²) in [5.74, 6) is -0.912. The zero-order chi connectivity index (χ0) is 42.7. The monoisotopic (exact) mass is 832 g/mol. The number of hydrogen-bond acceptors (Lipinski definition) is 11. The molecule has 3 heterocycles. The molecule has 4 rings (SSSR count). The number of benzene rings is 1. The first-order valence-corrected chi connectivity index (χ1v) is 21.6. The first-order chi connectivity index (χ1) is 28.3. The molecule has 59 heavy (non-hydrogen) atoms. The number of nitrogens with zero attached hydrogens (tertiary/aromatic N) is 5. The Morgan fingerprint density at radius 3 is 1.66 bits per heavy atom. The number of rotatable bonds is 21. The molecule has 1 aromatic rings. The minimum absolute atomic E-state index is 0.196. The number of morpholine rings is 2. The summed E-state index contributed by atoms with van der Waals surface area (Å²) >= 11 is 0. The van der Waals surface area contributed by atoms with Gasteiger partial charge in [0, 0.05) is 92.8 Å². The van der Waals surface area contributed by atoms with Crippen molar-refractivity contribution in [1.29, 1.82) is 0 Å². The van der Waals surface area contributed by atoms with Gasteiger partial charge in [-0.3, -0.25) is 24.8 Å². The van der Waals surface area contributed by atoms with Crippen molar-refractivity contribution in [2.45, 2.75) is 71.2 Å². The van der Waals surface area contributed by atoms with Crippen LogP contribution >= 0.6 is 0 Å². The summed E-state index contributed by atoms with van der Waals surface area (Å²) in [6.45, 7) is 18.1. The number of likely N-dealkylation sites (N-methyl/N-ethyl adjacent to an activating group) is 2. The van der Waals surface area contributed by atoms with E-state index in [0.717, 1.165) is 45.6 Å². The molecule has 0 spiro atoms. The van der Waals surface area contributed by atoms with Crippen LogP contribution < -0.4 is 21.4 Å². The van der Waals surface area contributed by atoms with E-state index < -0.39 is 30.1 Å². The van der Waals surface area contributed by atoms with E-state index in [2.05, 4.69) is 31.2 Å². The van der Waals surface area contributed by atoms with E-state index in [1.54, 1.807) is 23.9 Å². The van der Waals surface area contributed by atoms with Gasteiger partial charge < -0.3 is 45.1 Å². The van der Waals surface area contributed by atoms with Crippen LogP contribution in [0.15, 0.2) is 30.3 Å². The largest absolute Gasteiger partial charge is 0.391 e. The van der Waals surface area contributed by atoms with Gasteiger partial charge in [0.05, 0.1) is 38.6 Å². The number of carbonyl (C=O) groups is 4. The van der Waals surface area contributed by atoms with Gasteiger partial charge in [0.15, 0.2) is 0 Å². The summed E-state index contributed by atoms with van der Waals surface area (Å²) in [6.07, 6.45) is 0.826. The van der Waals surface area contributed by atoms with Gasteiger partial charge >= 0.3 is 12.1 Å². The quantitative estimate of drug-likeness (QED) is 0.113. The Morgan fingerprint density at radius 1 is 0.695 bits per heavy atom. The van der Waals surface area contributed by atoms with Crippen molar-refractivity contribution in [2.75, 3.05) is 119 Å². The zero-order valence-electron chi connectivity index (χ0n) is 36.4. The Hall–Kier alpha value is -3.58. The lowest BCUT2D eigenvalue weighted by Crippen LogP contribution is -2.57. The van der Waals surface area contributed by atoms with E-state index in [1.165, 1.54) is 0 Å². The van der Waals surface area contributed by atoms with Gasteiger partial charge in [0.2, 0.25) is 5.91 Å². The molecule has 4 atom stereocenters. The minimum atomic E-state index is -1.05. The Labute approximate surface area is 351 Å². The number of carbonyl (C=O) groups excluding carboxylic acids is 4. The van der Waals surface area contributed by atoms with Gasteiger partial charge in [-0.25, -0.2) is 14.6 Å².